The fourth-order valence-electron chi connectivity index (χ4n) is 3.32. The van der Waals surface area contributed by atoms with Crippen LogP contribution in [0.2, 0.25) is 0 Å². The summed E-state index contributed by atoms with van der Waals surface area (Å²) in [7, 11) is -3.10. The van der Waals surface area contributed by atoms with Crippen LogP contribution in [0.15, 0.2) is 29.3 Å². The Balaban J connectivity index is 1.72. The van der Waals surface area contributed by atoms with Crippen molar-refractivity contribution >= 4 is 38.8 Å². The molecule has 2 aliphatic heterocycles. The first-order chi connectivity index (χ1) is 13.9. The number of carbonyl (C=O) groups is 2. The Morgan fingerprint density at radius 1 is 1.23 bits per heavy atom. The average molecular weight is 454 g/mol. The molecule has 0 aromatic heterocycles. The molecule has 10 heteroatoms. The summed E-state index contributed by atoms with van der Waals surface area (Å²) in [5.41, 5.74) is 1.49. The number of aryl methyl sites for hydroxylation is 1. The van der Waals surface area contributed by atoms with Crippen LogP contribution in [0.4, 0.5) is 4.79 Å². The number of fused-ring (bicyclic) bond motifs is 1. The number of thioether (sulfide) groups is 1. The highest BCUT2D eigenvalue weighted by Crippen LogP contribution is 2.39. The zero-order valence-corrected chi connectivity index (χ0v) is 19.2. The maximum Gasteiger partial charge on any atom is 0.408 e. The van der Waals surface area contributed by atoms with E-state index in [-0.39, 0.29) is 29.3 Å². The largest absolute Gasteiger partial charge is 0.444 e. The van der Waals surface area contributed by atoms with Crippen LogP contribution in [-0.2, 0) is 25.9 Å². The van der Waals surface area contributed by atoms with Gasteiger partial charge in [0.15, 0.2) is 15.0 Å². The Bertz CT molecular complexity index is 952. The predicted octanol–water partition coefficient (Wildman–Crippen LogP) is 2.12. The minimum atomic E-state index is -3.10. The van der Waals surface area contributed by atoms with Gasteiger partial charge in [0, 0.05) is 11.8 Å². The number of hydrogen-bond donors (Lipinski definition) is 1. The van der Waals surface area contributed by atoms with Crippen molar-refractivity contribution in [2.75, 3.05) is 18.1 Å². The van der Waals surface area contributed by atoms with Crippen LogP contribution in [0.1, 0.15) is 31.9 Å². The normalized spacial score (nSPS) is 24.0. The van der Waals surface area contributed by atoms with Crippen molar-refractivity contribution in [2.45, 2.75) is 51.1 Å². The first-order valence-corrected chi connectivity index (χ1v) is 12.4. The van der Waals surface area contributed by atoms with Crippen LogP contribution in [0.3, 0.4) is 0 Å². The van der Waals surface area contributed by atoms with Gasteiger partial charge in [0.1, 0.15) is 12.1 Å². The Kier molecular flexibility index (Phi) is 6.47. The quantitative estimate of drug-likeness (QED) is 0.744. The maximum absolute atomic E-state index is 12.3. The molecule has 0 aliphatic carbocycles. The second-order valence-electron chi connectivity index (χ2n) is 8.56. The van der Waals surface area contributed by atoms with Crippen LogP contribution < -0.4 is 5.32 Å². The van der Waals surface area contributed by atoms with Crippen LogP contribution in [0.25, 0.3) is 0 Å². The summed E-state index contributed by atoms with van der Waals surface area (Å²) >= 11 is 1.32. The van der Waals surface area contributed by atoms with Gasteiger partial charge in [-0.1, -0.05) is 41.6 Å². The van der Waals surface area contributed by atoms with Gasteiger partial charge in [0.05, 0.1) is 17.5 Å². The summed E-state index contributed by atoms with van der Waals surface area (Å²) in [5, 5.41) is 2.76. The second-order valence-corrected chi connectivity index (χ2v) is 11.9. The van der Waals surface area contributed by atoms with Gasteiger partial charge in [-0.25, -0.2) is 13.2 Å². The van der Waals surface area contributed by atoms with E-state index >= 15 is 0 Å². The average Bonchev–Trinajstić information content (AvgIpc) is 3.06. The summed E-state index contributed by atoms with van der Waals surface area (Å²) in [5.74, 6) is -0.379. The monoisotopic (exact) mass is 453 g/mol. The highest BCUT2D eigenvalue weighted by atomic mass is 32.2. The number of nitrogens with one attached hydrogen (secondary N) is 1. The number of rotatable bonds is 4. The highest BCUT2D eigenvalue weighted by Gasteiger charge is 2.48. The standard InChI is InChI=1S/C20H27N3O5S2/c1-13-5-7-14(8-6-13)10-23-15-11-30(26,27)12-16(15)29-18(23)22-17(24)9-21-19(25)28-20(2,3)4/h5-8,15-16H,9-12H2,1-4H3,(H,21,25). The van der Waals surface area contributed by atoms with E-state index in [1.807, 2.05) is 36.1 Å². The van der Waals surface area contributed by atoms with E-state index in [0.717, 1.165) is 11.1 Å². The molecule has 2 atom stereocenters. The van der Waals surface area contributed by atoms with Crippen molar-refractivity contribution < 1.29 is 22.7 Å². The molecule has 1 aromatic rings. The Labute approximate surface area is 181 Å². The third-order valence-electron chi connectivity index (χ3n) is 4.65. The lowest BCUT2D eigenvalue weighted by Crippen LogP contribution is -2.38. The third kappa shape index (κ3) is 5.98. The van der Waals surface area contributed by atoms with E-state index in [9.17, 15) is 18.0 Å². The van der Waals surface area contributed by atoms with Crippen LogP contribution in [0, 0.1) is 6.92 Å². The molecule has 2 aliphatic rings. The molecule has 2 amide bonds. The van der Waals surface area contributed by atoms with Crippen molar-refractivity contribution in [1.82, 2.24) is 10.2 Å². The van der Waals surface area contributed by atoms with Gasteiger partial charge < -0.3 is 15.0 Å². The van der Waals surface area contributed by atoms with E-state index in [2.05, 4.69) is 10.3 Å². The van der Waals surface area contributed by atoms with Gasteiger partial charge in [0.2, 0.25) is 0 Å². The van der Waals surface area contributed by atoms with Crippen molar-refractivity contribution in [3.8, 4) is 0 Å². The number of aliphatic imine (C=N–C) groups is 1. The SMILES string of the molecule is Cc1ccc(CN2C(=NC(=O)CNC(=O)OC(C)(C)C)SC3CS(=O)(=O)CC32)cc1. The number of carbonyl (C=O) groups excluding carboxylic acids is 2. The van der Waals surface area contributed by atoms with Crippen molar-refractivity contribution in [2.24, 2.45) is 4.99 Å². The number of hydrogen-bond acceptors (Lipinski definition) is 6. The minimum absolute atomic E-state index is 0.0555. The van der Waals surface area contributed by atoms with E-state index in [1.54, 1.807) is 20.8 Å². The number of alkyl carbamates (subject to hydrolysis) is 1. The smallest absolute Gasteiger partial charge is 0.408 e. The van der Waals surface area contributed by atoms with Crippen LogP contribution in [0.5, 0.6) is 0 Å². The van der Waals surface area contributed by atoms with Crippen molar-refractivity contribution in [1.29, 1.82) is 0 Å². The zero-order chi connectivity index (χ0) is 22.1. The van der Waals surface area contributed by atoms with Crippen LogP contribution >= 0.6 is 11.8 Å². The number of nitrogens with zero attached hydrogens (tertiary/aromatic N) is 2. The zero-order valence-electron chi connectivity index (χ0n) is 17.5. The fourth-order valence-corrected chi connectivity index (χ4v) is 7.29. The molecule has 0 saturated carbocycles. The Morgan fingerprint density at radius 2 is 1.90 bits per heavy atom. The molecule has 2 saturated heterocycles. The summed E-state index contributed by atoms with van der Waals surface area (Å²) in [4.78, 5) is 30.2. The number of amidine groups is 1. The van der Waals surface area contributed by atoms with Crippen LogP contribution in [-0.4, -0.2) is 65.4 Å². The molecule has 2 unspecified atom stereocenters. The van der Waals surface area contributed by atoms with Gasteiger partial charge in [-0.15, -0.1) is 0 Å². The van der Waals surface area contributed by atoms with Gasteiger partial charge in [-0.3, -0.25) is 4.79 Å². The molecule has 2 heterocycles. The molecule has 0 bridgehead atoms. The predicted molar refractivity (Wildman–Crippen MR) is 117 cm³/mol. The lowest BCUT2D eigenvalue weighted by Gasteiger charge is -2.24. The lowest BCUT2D eigenvalue weighted by atomic mass is 10.1. The first kappa shape index (κ1) is 22.6. The summed E-state index contributed by atoms with van der Waals surface area (Å²) in [6.07, 6.45) is -0.686. The molecule has 0 spiro atoms. The summed E-state index contributed by atoms with van der Waals surface area (Å²) < 4.78 is 29.3. The van der Waals surface area contributed by atoms with E-state index in [4.69, 9.17) is 4.74 Å². The topological polar surface area (TPSA) is 105 Å². The summed E-state index contributed by atoms with van der Waals surface area (Å²) in [6.45, 7) is 7.39. The molecule has 164 valence electrons. The van der Waals surface area contributed by atoms with Gasteiger partial charge in [0.25, 0.3) is 5.91 Å². The second kappa shape index (κ2) is 8.58. The molecular formula is C20H27N3O5S2. The summed E-state index contributed by atoms with van der Waals surface area (Å²) in [6, 6.07) is 7.75. The molecule has 3 rings (SSSR count). The fraction of sp³-hybridized carbons (Fsp3) is 0.550. The molecule has 30 heavy (non-hydrogen) atoms. The molecular weight excluding hydrogens is 426 g/mol. The maximum atomic E-state index is 12.3. The molecule has 0 radical (unpaired) electrons. The van der Waals surface area contributed by atoms with Gasteiger partial charge in [-0.05, 0) is 33.3 Å². The molecule has 1 N–H and O–H groups in total. The Hall–Kier alpha value is -2.07. The third-order valence-corrected chi connectivity index (χ3v) is 7.90. The molecule has 8 nitrogen and oxygen atoms in total. The number of benzene rings is 1. The first-order valence-electron chi connectivity index (χ1n) is 9.69. The van der Waals surface area contributed by atoms with E-state index < -0.39 is 27.4 Å². The van der Waals surface area contributed by atoms with Crippen molar-refractivity contribution in [3.63, 3.8) is 0 Å². The van der Waals surface area contributed by atoms with Gasteiger partial charge >= 0.3 is 6.09 Å². The highest BCUT2D eigenvalue weighted by molar-refractivity contribution is 8.15. The van der Waals surface area contributed by atoms with E-state index in [1.165, 1.54) is 11.8 Å². The Morgan fingerprint density at radius 3 is 2.53 bits per heavy atom. The minimum Gasteiger partial charge on any atom is -0.444 e. The number of ether oxygens (including phenoxy) is 1. The lowest BCUT2D eigenvalue weighted by molar-refractivity contribution is -0.117. The number of sulfone groups is 1. The van der Waals surface area contributed by atoms with Crippen molar-refractivity contribution in [3.05, 3.63) is 35.4 Å². The number of amides is 2. The van der Waals surface area contributed by atoms with E-state index in [0.29, 0.717) is 11.7 Å². The molecule has 1 aromatic carbocycles. The molecule has 2 fully saturated rings. The van der Waals surface area contributed by atoms with Gasteiger partial charge in [-0.2, -0.15) is 4.99 Å².